The van der Waals surface area contributed by atoms with Crippen LogP contribution in [0.4, 0.5) is 13.2 Å². The summed E-state index contributed by atoms with van der Waals surface area (Å²) in [5.74, 6) is -2.86. The lowest BCUT2D eigenvalue weighted by molar-refractivity contribution is 0.547. The summed E-state index contributed by atoms with van der Waals surface area (Å²) in [6.45, 7) is 1.99. The van der Waals surface area contributed by atoms with Crippen LogP contribution in [0, 0.1) is 24.4 Å². The van der Waals surface area contributed by atoms with E-state index in [-0.39, 0.29) is 11.3 Å². The summed E-state index contributed by atoms with van der Waals surface area (Å²) in [7, 11) is 0. The van der Waals surface area contributed by atoms with Crippen molar-refractivity contribution in [3.05, 3.63) is 83.8 Å². The van der Waals surface area contributed by atoms with Gasteiger partial charge in [0.2, 0.25) is 0 Å². The van der Waals surface area contributed by atoms with Crippen LogP contribution in [0.15, 0.2) is 60.8 Å². The number of nitrogens with zero attached hydrogens (tertiary/aromatic N) is 2. The molecule has 0 aliphatic carbocycles. The van der Waals surface area contributed by atoms with Gasteiger partial charge in [0.15, 0.2) is 0 Å². The zero-order valence-electron chi connectivity index (χ0n) is 14.3. The minimum atomic E-state index is -0.956. The maximum atomic E-state index is 14.5. The molecule has 0 fully saturated rings. The smallest absolute Gasteiger partial charge is 0.145 e. The lowest BCUT2D eigenvalue weighted by Crippen LogP contribution is -1.98. The molecule has 3 aromatic carbocycles. The van der Waals surface area contributed by atoms with Gasteiger partial charge in [-0.3, -0.25) is 4.40 Å². The first kappa shape index (κ1) is 15.9. The highest BCUT2D eigenvalue weighted by molar-refractivity contribution is 6.12. The number of imidazole rings is 1. The number of rotatable bonds is 1. The molecule has 0 aliphatic rings. The number of aryl methyl sites for hydroxylation is 1. The minimum absolute atomic E-state index is 0.250. The quantitative estimate of drug-likeness (QED) is 0.333. The SMILES string of the molecule is Cc1ccc2c(c1)c1ccccc1c1ncc(-c3c(F)cc(F)cc3F)n21. The molecule has 0 spiro atoms. The van der Waals surface area contributed by atoms with Gasteiger partial charge in [-0.05, 0) is 24.4 Å². The number of aromatic nitrogens is 2. The van der Waals surface area contributed by atoms with E-state index in [1.807, 2.05) is 49.4 Å². The third kappa shape index (κ3) is 2.24. The molecule has 5 aromatic rings. The molecule has 0 N–H and O–H groups in total. The monoisotopic (exact) mass is 362 g/mol. The van der Waals surface area contributed by atoms with Crippen LogP contribution < -0.4 is 0 Å². The lowest BCUT2D eigenvalue weighted by Gasteiger charge is -2.12. The van der Waals surface area contributed by atoms with E-state index < -0.39 is 17.5 Å². The van der Waals surface area contributed by atoms with Crippen LogP contribution in [-0.2, 0) is 0 Å². The van der Waals surface area contributed by atoms with Gasteiger partial charge in [0, 0.05) is 22.9 Å². The van der Waals surface area contributed by atoms with E-state index in [0.717, 1.165) is 27.2 Å². The summed E-state index contributed by atoms with van der Waals surface area (Å²) in [6, 6.07) is 15.0. The van der Waals surface area contributed by atoms with E-state index in [1.165, 1.54) is 6.20 Å². The van der Waals surface area contributed by atoms with Gasteiger partial charge in [-0.1, -0.05) is 35.9 Å². The molecule has 2 nitrogen and oxygen atoms in total. The molecule has 0 saturated heterocycles. The normalized spacial score (nSPS) is 11.7. The first-order valence-electron chi connectivity index (χ1n) is 8.48. The third-order valence-electron chi connectivity index (χ3n) is 4.88. The summed E-state index contributed by atoms with van der Waals surface area (Å²) in [5.41, 5.74) is 2.42. The van der Waals surface area contributed by atoms with Crippen molar-refractivity contribution in [2.24, 2.45) is 0 Å². The number of benzene rings is 3. The van der Waals surface area contributed by atoms with Crippen molar-refractivity contribution >= 4 is 27.3 Å². The topological polar surface area (TPSA) is 17.3 Å². The van der Waals surface area contributed by atoms with Crippen molar-refractivity contribution in [3.63, 3.8) is 0 Å². The Morgan fingerprint density at radius 3 is 2.26 bits per heavy atom. The molecule has 0 amide bonds. The molecule has 0 radical (unpaired) electrons. The molecule has 0 bridgehead atoms. The summed E-state index contributed by atoms with van der Waals surface area (Å²) in [5, 5.41) is 2.85. The van der Waals surface area contributed by atoms with Gasteiger partial charge in [-0.25, -0.2) is 18.2 Å². The van der Waals surface area contributed by atoms with Gasteiger partial charge in [0.1, 0.15) is 23.1 Å². The predicted octanol–water partition coefficient (Wildman–Crippen LogP) is 6.03. The Kier molecular flexibility index (Phi) is 3.28. The van der Waals surface area contributed by atoms with Gasteiger partial charge >= 0.3 is 0 Å². The fourth-order valence-corrected chi connectivity index (χ4v) is 3.72. The van der Waals surface area contributed by atoms with Gasteiger partial charge < -0.3 is 0 Å². The molecule has 5 rings (SSSR count). The fraction of sp³-hybridized carbons (Fsp3) is 0.0455. The van der Waals surface area contributed by atoms with Crippen molar-refractivity contribution in [3.8, 4) is 11.3 Å². The highest BCUT2D eigenvalue weighted by atomic mass is 19.1. The molecular formula is C22H13F3N2. The number of fused-ring (bicyclic) bond motifs is 6. The number of halogens is 3. The summed E-state index contributed by atoms with van der Waals surface area (Å²) >= 11 is 0. The number of hydrogen-bond donors (Lipinski definition) is 0. The summed E-state index contributed by atoms with van der Waals surface area (Å²) in [4.78, 5) is 4.44. The third-order valence-corrected chi connectivity index (χ3v) is 4.88. The molecule has 0 unspecified atom stereocenters. The maximum Gasteiger partial charge on any atom is 0.145 e. The van der Waals surface area contributed by atoms with E-state index in [1.54, 1.807) is 4.40 Å². The molecule has 2 aromatic heterocycles. The van der Waals surface area contributed by atoms with Crippen molar-refractivity contribution in [2.45, 2.75) is 6.92 Å². The van der Waals surface area contributed by atoms with Gasteiger partial charge in [0.25, 0.3) is 0 Å². The predicted molar refractivity (Wildman–Crippen MR) is 100 cm³/mol. The standard InChI is InChI=1S/C22H13F3N2/c1-12-6-7-19-16(8-12)14-4-2-3-5-15(14)22-26-11-20(27(19)22)21-17(24)9-13(23)10-18(21)25/h2-11H,1H3. The van der Waals surface area contributed by atoms with Crippen LogP contribution in [0.1, 0.15) is 5.56 Å². The average molecular weight is 362 g/mol. The van der Waals surface area contributed by atoms with E-state index in [0.29, 0.717) is 17.8 Å². The van der Waals surface area contributed by atoms with Crippen LogP contribution in [-0.4, -0.2) is 9.38 Å². The molecule has 27 heavy (non-hydrogen) atoms. The van der Waals surface area contributed by atoms with Crippen LogP contribution in [0.3, 0.4) is 0 Å². The molecule has 0 saturated carbocycles. The highest BCUT2D eigenvalue weighted by Crippen LogP contribution is 2.35. The second kappa shape index (κ2) is 5.58. The van der Waals surface area contributed by atoms with Crippen molar-refractivity contribution in [2.75, 3.05) is 0 Å². The molecule has 5 heteroatoms. The Balaban J connectivity index is 2.02. The first-order valence-corrected chi connectivity index (χ1v) is 8.48. The second-order valence-electron chi connectivity index (χ2n) is 6.61. The van der Waals surface area contributed by atoms with E-state index in [2.05, 4.69) is 4.98 Å². The molecule has 132 valence electrons. The van der Waals surface area contributed by atoms with Gasteiger partial charge in [-0.15, -0.1) is 0 Å². The van der Waals surface area contributed by atoms with E-state index in [9.17, 15) is 13.2 Å². The molecule has 2 heterocycles. The number of pyridine rings is 1. The minimum Gasteiger partial charge on any atom is -0.292 e. The van der Waals surface area contributed by atoms with E-state index >= 15 is 0 Å². The fourth-order valence-electron chi connectivity index (χ4n) is 3.72. The zero-order valence-corrected chi connectivity index (χ0v) is 14.3. The summed E-state index contributed by atoms with van der Waals surface area (Å²) < 4.78 is 44.0. The average Bonchev–Trinajstić information content (AvgIpc) is 3.06. The molecular weight excluding hydrogens is 349 g/mol. The highest BCUT2D eigenvalue weighted by Gasteiger charge is 2.20. The Morgan fingerprint density at radius 1 is 0.815 bits per heavy atom. The maximum absolute atomic E-state index is 14.5. The Bertz CT molecular complexity index is 1350. The van der Waals surface area contributed by atoms with Crippen molar-refractivity contribution in [1.29, 1.82) is 0 Å². The van der Waals surface area contributed by atoms with Crippen LogP contribution >= 0.6 is 0 Å². The van der Waals surface area contributed by atoms with Crippen molar-refractivity contribution < 1.29 is 13.2 Å². The van der Waals surface area contributed by atoms with Crippen molar-refractivity contribution in [1.82, 2.24) is 9.38 Å². The van der Waals surface area contributed by atoms with E-state index in [4.69, 9.17) is 0 Å². The van der Waals surface area contributed by atoms with Crippen LogP contribution in [0.5, 0.6) is 0 Å². The summed E-state index contributed by atoms with van der Waals surface area (Å²) in [6.07, 6.45) is 1.43. The van der Waals surface area contributed by atoms with Crippen LogP contribution in [0.2, 0.25) is 0 Å². The lowest BCUT2D eigenvalue weighted by atomic mass is 10.0. The van der Waals surface area contributed by atoms with Gasteiger partial charge in [-0.2, -0.15) is 0 Å². The largest absolute Gasteiger partial charge is 0.292 e. The van der Waals surface area contributed by atoms with Gasteiger partial charge in [0.05, 0.1) is 23.0 Å². The molecule has 0 atom stereocenters. The van der Waals surface area contributed by atoms with Crippen LogP contribution in [0.25, 0.3) is 38.6 Å². The Morgan fingerprint density at radius 2 is 1.52 bits per heavy atom. The molecule has 0 aliphatic heterocycles. The zero-order chi connectivity index (χ0) is 18.7. The Hall–Kier alpha value is -3.34. The number of hydrogen-bond acceptors (Lipinski definition) is 1. The Labute approximate surface area is 152 Å². The second-order valence-corrected chi connectivity index (χ2v) is 6.61. The first-order chi connectivity index (χ1) is 13.0.